The van der Waals surface area contributed by atoms with Gasteiger partial charge in [-0.25, -0.2) is 4.98 Å². The monoisotopic (exact) mass is 449 g/mol. The molecule has 1 amide bonds. The van der Waals surface area contributed by atoms with Gasteiger partial charge in [0.2, 0.25) is 5.91 Å². The normalized spacial score (nSPS) is 13.5. The highest BCUT2D eigenvalue weighted by molar-refractivity contribution is 7.18. The second-order valence-corrected chi connectivity index (χ2v) is 9.22. The SMILES string of the molecule is CN(Cc1cccc(Cl)c1Cl)C(=O)CCn1cnc2sc3c(c2c1=O)CCCC3. The van der Waals surface area contributed by atoms with Gasteiger partial charge in [0.1, 0.15) is 4.83 Å². The van der Waals surface area contributed by atoms with Crippen LogP contribution < -0.4 is 5.56 Å². The smallest absolute Gasteiger partial charge is 0.262 e. The Morgan fingerprint density at radius 3 is 2.90 bits per heavy atom. The van der Waals surface area contributed by atoms with Crippen molar-refractivity contribution in [3.05, 3.63) is 60.9 Å². The summed E-state index contributed by atoms with van der Waals surface area (Å²) in [6.45, 7) is 0.668. The van der Waals surface area contributed by atoms with Crippen LogP contribution in [-0.2, 0) is 30.7 Å². The lowest BCUT2D eigenvalue weighted by Gasteiger charge is -2.18. The van der Waals surface area contributed by atoms with E-state index in [2.05, 4.69) is 4.98 Å². The predicted octanol–water partition coefficient (Wildman–Crippen LogP) is 4.69. The minimum atomic E-state index is -0.0691. The second kappa shape index (κ2) is 8.46. The molecular formula is C21H21Cl2N3O2S. The first kappa shape index (κ1) is 20.4. The van der Waals surface area contributed by atoms with E-state index in [1.165, 1.54) is 16.9 Å². The summed E-state index contributed by atoms with van der Waals surface area (Å²) >= 11 is 13.9. The molecule has 4 rings (SSSR count). The number of halogens is 2. The van der Waals surface area contributed by atoms with Gasteiger partial charge in [-0.2, -0.15) is 0 Å². The molecule has 0 bridgehead atoms. The summed E-state index contributed by atoms with van der Waals surface area (Å²) < 4.78 is 1.56. The number of carbonyl (C=O) groups is 1. The zero-order valence-electron chi connectivity index (χ0n) is 16.1. The zero-order chi connectivity index (χ0) is 20.5. The predicted molar refractivity (Wildman–Crippen MR) is 118 cm³/mol. The van der Waals surface area contributed by atoms with Crippen molar-refractivity contribution in [2.24, 2.45) is 0 Å². The summed E-state index contributed by atoms with van der Waals surface area (Å²) in [6.07, 6.45) is 6.04. The Morgan fingerprint density at radius 2 is 2.07 bits per heavy atom. The maximum absolute atomic E-state index is 13.0. The molecule has 5 nitrogen and oxygen atoms in total. The van der Waals surface area contributed by atoms with Gasteiger partial charge in [0.05, 0.1) is 21.8 Å². The van der Waals surface area contributed by atoms with E-state index >= 15 is 0 Å². The highest BCUT2D eigenvalue weighted by Gasteiger charge is 2.20. The number of hydrogen-bond acceptors (Lipinski definition) is 4. The maximum Gasteiger partial charge on any atom is 0.262 e. The van der Waals surface area contributed by atoms with E-state index in [9.17, 15) is 9.59 Å². The van der Waals surface area contributed by atoms with E-state index in [0.29, 0.717) is 23.1 Å². The van der Waals surface area contributed by atoms with Crippen LogP contribution in [0, 0.1) is 0 Å². The molecule has 8 heteroatoms. The summed E-state index contributed by atoms with van der Waals surface area (Å²) in [7, 11) is 1.72. The van der Waals surface area contributed by atoms with Crippen molar-refractivity contribution in [3.63, 3.8) is 0 Å². The minimum absolute atomic E-state index is 0.0391. The first-order valence-corrected chi connectivity index (χ1v) is 11.2. The van der Waals surface area contributed by atoms with Crippen LogP contribution in [0.4, 0.5) is 0 Å². The highest BCUT2D eigenvalue weighted by Crippen LogP contribution is 2.33. The number of aromatic nitrogens is 2. The van der Waals surface area contributed by atoms with E-state index < -0.39 is 0 Å². The zero-order valence-corrected chi connectivity index (χ0v) is 18.4. The summed E-state index contributed by atoms with van der Waals surface area (Å²) in [5, 5.41) is 1.68. The van der Waals surface area contributed by atoms with Gasteiger partial charge in [0, 0.05) is 31.4 Å². The lowest BCUT2D eigenvalue weighted by molar-refractivity contribution is -0.130. The number of rotatable bonds is 5. The number of hydrogen-bond donors (Lipinski definition) is 0. The van der Waals surface area contributed by atoms with Crippen LogP contribution in [0.2, 0.25) is 10.0 Å². The third-order valence-electron chi connectivity index (χ3n) is 5.37. The fourth-order valence-electron chi connectivity index (χ4n) is 3.76. The fraction of sp³-hybridized carbons (Fsp3) is 0.381. The van der Waals surface area contributed by atoms with Gasteiger partial charge in [-0.15, -0.1) is 11.3 Å². The molecule has 0 aliphatic heterocycles. The molecule has 2 aromatic heterocycles. The molecule has 2 heterocycles. The number of fused-ring (bicyclic) bond motifs is 3. The second-order valence-electron chi connectivity index (χ2n) is 7.35. The summed E-state index contributed by atoms with van der Waals surface area (Å²) in [4.78, 5) is 33.8. The molecule has 0 saturated heterocycles. The molecule has 0 N–H and O–H groups in total. The lowest BCUT2D eigenvalue weighted by atomic mass is 9.97. The van der Waals surface area contributed by atoms with Crippen molar-refractivity contribution in [1.82, 2.24) is 14.5 Å². The fourth-order valence-corrected chi connectivity index (χ4v) is 5.36. The molecule has 1 aliphatic carbocycles. The van der Waals surface area contributed by atoms with Crippen molar-refractivity contribution < 1.29 is 4.79 Å². The third-order valence-corrected chi connectivity index (χ3v) is 7.43. The van der Waals surface area contributed by atoms with Crippen molar-refractivity contribution in [2.45, 2.75) is 45.2 Å². The summed E-state index contributed by atoms with van der Waals surface area (Å²) in [5.41, 5.74) is 1.92. The quantitative estimate of drug-likeness (QED) is 0.567. The van der Waals surface area contributed by atoms with Crippen LogP contribution in [-0.4, -0.2) is 27.4 Å². The van der Waals surface area contributed by atoms with Gasteiger partial charge in [-0.3, -0.25) is 14.2 Å². The van der Waals surface area contributed by atoms with Gasteiger partial charge in [0.25, 0.3) is 5.56 Å². The van der Waals surface area contributed by atoms with Crippen molar-refractivity contribution >= 4 is 50.7 Å². The van der Waals surface area contributed by atoms with E-state index in [4.69, 9.17) is 23.2 Å². The van der Waals surface area contributed by atoms with Crippen LogP contribution in [0.3, 0.4) is 0 Å². The average molecular weight is 450 g/mol. The lowest BCUT2D eigenvalue weighted by Crippen LogP contribution is -2.29. The van der Waals surface area contributed by atoms with Crippen LogP contribution in [0.1, 0.15) is 35.3 Å². The Labute approximate surface area is 182 Å². The Morgan fingerprint density at radius 1 is 1.28 bits per heavy atom. The summed E-state index contributed by atoms with van der Waals surface area (Å²) in [6, 6.07) is 5.37. The number of amides is 1. The molecule has 0 unspecified atom stereocenters. The standard InChI is InChI=1S/C21H21Cl2N3O2S/c1-25(11-13-5-4-7-15(22)19(13)23)17(27)9-10-26-12-24-20-18(21(26)28)14-6-2-3-8-16(14)29-20/h4-5,7,12H,2-3,6,8-11H2,1H3. The number of nitrogens with zero attached hydrogens (tertiary/aromatic N) is 3. The third kappa shape index (κ3) is 4.06. The van der Waals surface area contributed by atoms with E-state index in [1.807, 2.05) is 12.1 Å². The maximum atomic E-state index is 13.0. The molecule has 3 aromatic rings. The Kier molecular flexibility index (Phi) is 5.95. The van der Waals surface area contributed by atoms with Crippen molar-refractivity contribution in [2.75, 3.05) is 7.05 Å². The van der Waals surface area contributed by atoms with Gasteiger partial charge < -0.3 is 4.90 Å². The Bertz CT molecular complexity index is 1140. The topological polar surface area (TPSA) is 55.2 Å². The Balaban J connectivity index is 1.47. The van der Waals surface area contributed by atoms with Crippen molar-refractivity contribution in [3.8, 4) is 0 Å². The van der Waals surface area contributed by atoms with Crippen LogP contribution in [0.25, 0.3) is 10.2 Å². The van der Waals surface area contributed by atoms with Gasteiger partial charge in [-0.05, 0) is 42.9 Å². The largest absolute Gasteiger partial charge is 0.341 e. The van der Waals surface area contributed by atoms with E-state index in [-0.39, 0.29) is 17.9 Å². The first-order chi connectivity index (χ1) is 14.0. The number of aryl methyl sites for hydroxylation is 3. The molecule has 1 aromatic carbocycles. The molecule has 1 aliphatic rings. The molecular weight excluding hydrogens is 429 g/mol. The molecule has 0 spiro atoms. The van der Waals surface area contributed by atoms with E-state index in [0.717, 1.165) is 35.0 Å². The number of benzene rings is 1. The average Bonchev–Trinajstić information content (AvgIpc) is 3.10. The number of carbonyl (C=O) groups excluding carboxylic acids is 1. The van der Waals surface area contributed by atoms with Crippen LogP contribution in [0.5, 0.6) is 0 Å². The Hall–Kier alpha value is -1.89. The van der Waals surface area contributed by atoms with Crippen LogP contribution in [0.15, 0.2) is 29.3 Å². The first-order valence-electron chi connectivity index (χ1n) is 9.62. The number of thiophene rings is 1. The van der Waals surface area contributed by atoms with E-state index in [1.54, 1.807) is 40.2 Å². The molecule has 0 atom stereocenters. The van der Waals surface area contributed by atoms with Gasteiger partial charge >= 0.3 is 0 Å². The molecule has 0 radical (unpaired) electrons. The highest BCUT2D eigenvalue weighted by atomic mass is 35.5. The van der Waals surface area contributed by atoms with Gasteiger partial charge in [-0.1, -0.05) is 35.3 Å². The van der Waals surface area contributed by atoms with Gasteiger partial charge in [0.15, 0.2) is 0 Å². The molecule has 152 valence electrons. The molecule has 0 saturated carbocycles. The molecule has 0 fully saturated rings. The summed E-state index contributed by atoms with van der Waals surface area (Å²) in [5.74, 6) is -0.0691. The molecule has 29 heavy (non-hydrogen) atoms. The van der Waals surface area contributed by atoms with Crippen LogP contribution >= 0.6 is 34.5 Å². The minimum Gasteiger partial charge on any atom is -0.341 e. The van der Waals surface area contributed by atoms with Crippen molar-refractivity contribution in [1.29, 1.82) is 0 Å².